The molecule has 0 radical (unpaired) electrons. The number of hydrogen-bond donors (Lipinski definition) is 0. The number of fused-ring (bicyclic) bond motifs is 1. The SMILES string of the molecule is CC(C)=CC(=O)n1c(=O)oc(=O)c2ccsc21. The lowest BCUT2D eigenvalue weighted by Crippen LogP contribution is -2.28. The van der Waals surface area contributed by atoms with Crippen molar-refractivity contribution >= 4 is 27.5 Å². The molecule has 0 fully saturated rings. The Labute approximate surface area is 99.6 Å². The van der Waals surface area contributed by atoms with Crippen LogP contribution in [0.5, 0.6) is 0 Å². The molecule has 0 atom stereocenters. The Morgan fingerprint density at radius 1 is 1.41 bits per heavy atom. The molecular weight excluding hydrogens is 242 g/mol. The van der Waals surface area contributed by atoms with Gasteiger partial charge >= 0.3 is 11.4 Å². The summed E-state index contributed by atoms with van der Waals surface area (Å²) in [5.74, 6) is -1.46. The topological polar surface area (TPSA) is 69.3 Å². The molecule has 0 aliphatic carbocycles. The van der Waals surface area contributed by atoms with E-state index in [9.17, 15) is 14.4 Å². The zero-order valence-electron chi connectivity index (χ0n) is 9.22. The predicted molar refractivity (Wildman–Crippen MR) is 64.7 cm³/mol. The Bertz CT molecular complexity index is 728. The largest absolute Gasteiger partial charge is 0.430 e. The number of hydrogen-bond acceptors (Lipinski definition) is 5. The molecule has 0 aliphatic rings. The first-order valence-electron chi connectivity index (χ1n) is 4.83. The highest BCUT2D eigenvalue weighted by Gasteiger charge is 2.14. The summed E-state index contributed by atoms with van der Waals surface area (Å²) in [4.78, 5) is 35.0. The van der Waals surface area contributed by atoms with Gasteiger partial charge < -0.3 is 4.42 Å². The predicted octanol–water partition coefficient (Wildman–Crippen LogP) is 1.62. The van der Waals surface area contributed by atoms with Crippen LogP contribution in [0.2, 0.25) is 0 Å². The van der Waals surface area contributed by atoms with Crippen LogP contribution in [0, 0.1) is 0 Å². The first-order valence-corrected chi connectivity index (χ1v) is 5.71. The molecule has 2 rings (SSSR count). The molecule has 0 amide bonds. The first-order chi connectivity index (χ1) is 8.00. The van der Waals surface area contributed by atoms with Crippen LogP contribution in [0.1, 0.15) is 18.6 Å². The maximum atomic E-state index is 11.8. The van der Waals surface area contributed by atoms with E-state index >= 15 is 0 Å². The third kappa shape index (κ3) is 1.99. The maximum absolute atomic E-state index is 11.8. The molecule has 2 heterocycles. The van der Waals surface area contributed by atoms with Crippen LogP contribution in [-0.4, -0.2) is 10.5 Å². The van der Waals surface area contributed by atoms with Crippen molar-refractivity contribution in [1.82, 2.24) is 4.57 Å². The van der Waals surface area contributed by atoms with E-state index in [-0.39, 0.29) is 5.39 Å². The molecule has 0 aliphatic heterocycles. The molecule has 17 heavy (non-hydrogen) atoms. The van der Waals surface area contributed by atoms with E-state index in [1.807, 2.05) is 0 Å². The summed E-state index contributed by atoms with van der Waals surface area (Å²) in [6.45, 7) is 3.49. The highest BCUT2D eigenvalue weighted by Crippen LogP contribution is 2.15. The van der Waals surface area contributed by atoms with Gasteiger partial charge in [0.2, 0.25) is 0 Å². The number of allylic oxidation sites excluding steroid dienone is 2. The van der Waals surface area contributed by atoms with Crippen LogP contribution in [-0.2, 0) is 0 Å². The summed E-state index contributed by atoms with van der Waals surface area (Å²) in [7, 11) is 0. The van der Waals surface area contributed by atoms with Gasteiger partial charge in [-0.1, -0.05) is 5.57 Å². The molecule has 0 saturated carbocycles. The summed E-state index contributed by atoms with van der Waals surface area (Å²) < 4.78 is 5.36. The Balaban J connectivity index is 2.82. The minimum atomic E-state index is -0.951. The molecule has 0 bridgehead atoms. The molecule has 5 nitrogen and oxygen atoms in total. The fraction of sp³-hybridized carbons (Fsp3) is 0.182. The summed E-state index contributed by atoms with van der Waals surface area (Å²) >= 11 is 1.15. The van der Waals surface area contributed by atoms with Crippen LogP contribution in [0.25, 0.3) is 10.2 Å². The number of nitrogens with zero attached hydrogens (tertiary/aromatic N) is 1. The van der Waals surface area contributed by atoms with Gasteiger partial charge in [0.1, 0.15) is 4.83 Å². The monoisotopic (exact) mass is 251 g/mol. The van der Waals surface area contributed by atoms with Crippen LogP contribution in [0.3, 0.4) is 0 Å². The summed E-state index contributed by atoms with van der Waals surface area (Å²) in [6.07, 6.45) is 1.32. The van der Waals surface area contributed by atoms with Gasteiger partial charge in [-0.2, -0.15) is 0 Å². The van der Waals surface area contributed by atoms with Crippen molar-refractivity contribution in [1.29, 1.82) is 0 Å². The molecule has 88 valence electrons. The van der Waals surface area contributed by atoms with E-state index in [1.165, 1.54) is 12.1 Å². The summed E-state index contributed by atoms with van der Waals surface area (Å²) in [6, 6.07) is 1.53. The van der Waals surface area contributed by atoms with Gasteiger partial charge in [0.15, 0.2) is 0 Å². The van der Waals surface area contributed by atoms with Crippen molar-refractivity contribution in [2.75, 3.05) is 0 Å². The van der Waals surface area contributed by atoms with E-state index < -0.39 is 17.3 Å². The minimum Gasteiger partial charge on any atom is -0.372 e. The van der Waals surface area contributed by atoms with Crippen LogP contribution < -0.4 is 11.4 Å². The molecular formula is C11H9NO4S. The smallest absolute Gasteiger partial charge is 0.372 e. The summed E-state index contributed by atoms with van der Waals surface area (Å²) in [5.41, 5.74) is 0.0466. The number of thiophene rings is 1. The summed E-state index contributed by atoms with van der Waals surface area (Å²) in [5, 5.41) is 1.87. The Morgan fingerprint density at radius 2 is 2.12 bits per heavy atom. The van der Waals surface area contributed by atoms with Crippen molar-refractivity contribution in [3.8, 4) is 0 Å². The highest BCUT2D eigenvalue weighted by atomic mass is 32.1. The van der Waals surface area contributed by atoms with Crippen molar-refractivity contribution < 1.29 is 9.21 Å². The molecule has 2 aromatic rings. The van der Waals surface area contributed by atoms with Crippen LogP contribution in [0.4, 0.5) is 0 Å². The lowest BCUT2D eigenvalue weighted by Gasteiger charge is -2.00. The van der Waals surface area contributed by atoms with Crippen LogP contribution >= 0.6 is 11.3 Å². The third-order valence-corrected chi connectivity index (χ3v) is 2.96. The normalized spacial score (nSPS) is 10.5. The average molecular weight is 251 g/mol. The second-order valence-corrected chi connectivity index (χ2v) is 4.58. The van der Waals surface area contributed by atoms with Crippen LogP contribution in [0.15, 0.2) is 37.1 Å². The Hall–Kier alpha value is -1.95. The van der Waals surface area contributed by atoms with Gasteiger partial charge in [-0.25, -0.2) is 14.2 Å². The van der Waals surface area contributed by atoms with E-state index in [4.69, 9.17) is 0 Å². The van der Waals surface area contributed by atoms with Gasteiger partial charge in [0.05, 0.1) is 5.39 Å². The quantitative estimate of drug-likeness (QED) is 0.722. The average Bonchev–Trinajstić information content (AvgIpc) is 2.64. The molecule has 2 aromatic heterocycles. The minimum absolute atomic E-state index is 0.241. The second kappa shape index (κ2) is 4.14. The van der Waals surface area contributed by atoms with Crippen molar-refractivity contribution in [3.63, 3.8) is 0 Å². The van der Waals surface area contributed by atoms with E-state index in [0.29, 0.717) is 4.83 Å². The zero-order chi connectivity index (χ0) is 12.6. The maximum Gasteiger partial charge on any atom is 0.430 e. The lowest BCUT2D eigenvalue weighted by atomic mass is 10.3. The van der Waals surface area contributed by atoms with E-state index in [2.05, 4.69) is 4.42 Å². The lowest BCUT2D eigenvalue weighted by molar-refractivity contribution is 0.0960. The Morgan fingerprint density at radius 3 is 2.76 bits per heavy atom. The molecule has 0 aromatic carbocycles. The molecule has 0 unspecified atom stereocenters. The highest BCUT2D eigenvalue weighted by molar-refractivity contribution is 7.16. The van der Waals surface area contributed by atoms with Gasteiger partial charge in [-0.3, -0.25) is 4.79 Å². The van der Waals surface area contributed by atoms with E-state index in [1.54, 1.807) is 19.2 Å². The molecule has 6 heteroatoms. The van der Waals surface area contributed by atoms with Crippen molar-refractivity contribution in [2.24, 2.45) is 0 Å². The number of rotatable bonds is 1. The van der Waals surface area contributed by atoms with Crippen molar-refractivity contribution in [3.05, 3.63) is 44.1 Å². The van der Waals surface area contributed by atoms with Gasteiger partial charge in [0, 0.05) is 6.08 Å². The molecule has 0 spiro atoms. The van der Waals surface area contributed by atoms with Gasteiger partial charge in [-0.15, -0.1) is 11.3 Å². The number of aromatic nitrogens is 1. The van der Waals surface area contributed by atoms with Crippen molar-refractivity contribution in [2.45, 2.75) is 13.8 Å². The number of carbonyl (C=O) groups excluding carboxylic acids is 1. The fourth-order valence-corrected chi connectivity index (χ4v) is 2.28. The zero-order valence-corrected chi connectivity index (χ0v) is 10.0. The Kier molecular flexibility index (Phi) is 2.81. The second-order valence-electron chi connectivity index (χ2n) is 3.69. The van der Waals surface area contributed by atoms with E-state index in [0.717, 1.165) is 21.5 Å². The molecule has 0 saturated heterocycles. The first kappa shape index (κ1) is 11.5. The van der Waals surface area contributed by atoms with Gasteiger partial charge in [0.25, 0.3) is 5.91 Å². The fourth-order valence-electron chi connectivity index (χ4n) is 1.39. The molecule has 0 N–H and O–H groups in total. The number of carbonyl (C=O) groups is 1. The standard InChI is InChI=1S/C11H9NO4S/c1-6(2)5-8(13)12-9-7(3-4-17-9)10(14)16-11(12)15/h3-5H,1-2H3. The van der Waals surface area contributed by atoms with Gasteiger partial charge in [-0.05, 0) is 25.3 Å². The third-order valence-electron chi connectivity index (χ3n) is 2.06.